The van der Waals surface area contributed by atoms with Crippen LogP contribution in [-0.2, 0) is 0 Å². The quantitative estimate of drug-likeness (QED) is 0.659. The number of rotatable bonds is 2. The van der Waals surface area contributed by atoms with E-state index in [2.05, 4.69) is 16.3 Å². The number of aromatic nitrogens is 2. The fraction of sp³-hybridized carbons (Fsp3) is 0.0526. The van der Waals surface area contributed by atoms with Crippen LogP contribution in [0.1, 0.15) is 17.0 Å². The average Bonchev–Trinajstić information content (AvgIpc) is 3.05. The Morgan fingerprint density at radius 2 is 1.85 bits per heavy atom. The first-order valence-electron chi connectivity index (χ1n) is 7.79. The fourth-order valence-electron chi connectivity index (χ4n) is 3.08. The number of halogens is 1. The number of nitriles is 1. The van der Waals surface area contributed by atoms with E-state index in [1.807, 2.05) is 0 Å². The lowest BCUT2D eigenvalue weighted by Crippen LogP contribution is -2.20. The van der Waals surface area contributed by atoms with Crippen molar-refractivity contribution in [1.82, 2.24) is 10.2 Å². The third kappa shape index (κ3) is 2.45. The van der Waals surface area contributed by atoms with Crippen molar-refractivity contribution in [3.8, 4) is 29.0 Å². The molecule has 0 fully saturated rings. The van der Waals surface area contributed by atoms with Gasteiger partial charge >= 0.3 is 0 Å². The Balaban J connectivity index is 1.93. The van der Waals surface area contributed by atoms with Gasteiger partial charge in [-0.3, -0.25) is 5.10 Å². The first-order valence-corrected chi connectivity index (χ1v) is 7.79. The van der Waals surface area contributed by atoms with Crippen LogP contribution in [0.2, 0.25) is 0 Å². The van der Waals surface area contributed by atoms with Gasteiger partial charge in [-0.25, -0.2) is 4.39 Å². The second-order valence-electron chi connectivity index (χ2n) is 5.84. The monoisotopic (exact) mass is 348 g/mol. The molecule has 6 nitrogen and oxygen atoms in total. The first-order chi connectivity index (χ1) is 12.6. The number of aromatic hydroxyl groups is 1. The molecule has 4 rings (SSSR count). The normalized spacial score (nSPS) is 15.9. The summed E-state index contributed by atoms with van der Waals surface area (Å²) in [5.41, 5.74) is 8.84. The minimum Gasteiger partial charge on any atom is -0.508 e. The molecule has 2 aromatic carbocycles. The highest BCUT2D eigenvalue weighted by atomic mass is 19.1. The maximum Gasteiger partial charge on any atom is 0.244 e. The molecule has 1 atom stereocenters. The maximum atomic E-state index is 13.3. The number of phenolic OH excluding ortho intramolecular Hbond substituents is 1. The van der Waals surface area contributed by atoms with Gasteiger partial charge in [0.05, 0.1) is 17.2 Å². The van der Waals surface area contributed by atoms with E-state index in [-0.39, 0.29) is 28.9 Å². The van der Waals surface area contributed by atoms with Crippen LogP contribution in [0.3, 0.4) is 0 Å². The number of nitrogens with two attached hydrogens (primary N) is 1. The molecule has 0 saturated heterocycles. The van der Waals surface area contributed by atoms with E-state index in [0.29, 0.717) is 16.8 Å². The van der Waals surface area contributed by atoms with Gasteiger partial charge in [0.25, 0.3) is 0 Å². The number of hydrogen-bond acceptors (Lipinski definition) is 5. The summed E-state index contributed by atoms with van der Waals surface area (Å²) in [5, 5.41) is 26.2. The van der Waals surface area contributed by atoms with E-state index in [1.54, 1.807) is 24.3 Å². The van der Waals surface area contributed by atoms with Gasteiger partial charge in [-0.15, -0.1) is 5.10 Å². The summed E-state index contributed by atoms with van der Waals surface area (Å²) in [4.78, 5) is 0. The summed E-state index contributed by atoms with van der Waals surface area (Å²) < 4.78 is 18.8. The molecule has 128 valence electrons. The number of benzene rings is 2. The number of H-pyrrole nitrogens is 1. The zero-order valence-electron chi connectivity index (χ0n) is 13.4. The van der Waals surface area contributed by atoms with Gasteiger partial charge in [0.2, 0.25) is 11.8 Å². The molecular formula is C19H13FN4O2. The highest BCUT2D eigenvalue weighted by molar-refractivity contribution is 5.70. The smallest absolute Gasteiger partial charge is 0.244 e. The van der Waals surface area contributed by atoms with Gasteiger partial charge < -0.3 is 15.6 Å². The topological polar surface area (TPSA) is 108 Å². The number of nitrogens with zero attached hydrogens (tertiary/aromatic N) is 2. The van der Waals surface area contributed by atoms with E-state index in [1.165, 1.54) is 24.3 Å². The molecule has 1 aliphatic heterocycles. The van der Waals surface area contributed by atoms with Crippen LogP contribution in [-0.4, -0.2) is 15.3 Å². The Morgan fingerprint density at radius 3 is 2.50 bits per heavy atom. The van der Waals surface area contributed by atoms with Gasteiger partial charge in [0, 0.05) is 5.56 Å². The highest BCUT2D eigenvalue weighted by Gasteiger charge is 2.35. The molecule has 1 aromatic heterocycles. The number of phenols is 1. The highest BCUT2D eigenvalue weighted by Crippen LogP contribution is 2.45. The summed E-state index contributed by atoms with van der Waals surface area (Å²) in [6, 6.07) is 14.5. The van der Waals surface area contributed by atoms with E-state index in [9.17, 15) is 14.8 Å². The molecule has 1 aliphatic rings. The molecule has 7 heteroatoms. The number of allylic oxidation sites excluding steroid dienone is 1. The second-order valence-corrected chi connectivity index (χ2v) is 5.84. The molecular weight excluding hydrogens is 335 g/mol. The summed E-state index contributed by atoms with van der Waals surface area (Å²) in [6.07, 6.45) is 0. The van der Waals surface area contributed by atoms with E-state index >= 15 is 0 Å². The van der Waals surface area contributed by atoms with Crippen molar-refractivity contribution in [3.05, 3.63) is 76.9 Å². The van der Waals surface area contributed by atoms with E-state index in [4.69, 9.17) is 10.5 Å². The molecule has 0 amide bonds. The van der Waals surface area contributed by atoms with Crippen molar-refractivity contribution in [2.75, 3.05) is 0 Å². The van der Waals surface area contributed by atoms with Crippen LogP contribution in [0.4, 0.5) is 4.39 Å². The summed E-state index contributed by atoms with van der Waals surface area (Å²) in [5.74, 6) is -0.518. The number of fused-ring (bicyclic) bond motifs is 1. The Morgan fingerprint density at radius 1 is 1.15 bits per heavy atom. The zero-order chi connectivity index (χ0) is 18.3. The predicted molar refractivity (Wildman–Crippen MR) is 91.4 cm³/mol. The lowest BCUT2D eigenvalue weighted by atomic mass is 9.83. The largest absolute Gasteiger partial charge is 0.508 e. The van der Waals surface area contributed by atoms with Crippen molar-refractivity contribution in [2.24, 2.45) is 5.73 Å². The number of aromatic amines is 1. The van der Waals surface area contributed by atoms with Crippen molar-refractivity contribution in [1.29, 1.82) is 5.26 Å². The van der Waals surface area contributed by atoms with Gasteiger partial charge in [0.1, 0.15) is 23.2 Å². The Bertz CT molecular complexity index is 1050. The van der Waals surface area contributed by atoms with E-state index < -0.39 is 5.92 Å². The van der Waals surface area contributed by atoms with Crippen LogP contribution in [0, 0.1) is 17.1 Å². The molecule has 0 aliphatic carbocycles. The molecule has 3 aromatic rings. The molecule has 2 heterocycles. The van der Waals surface area contributed by atoms with Crippen LogP contribution in [0.25, 0.3) is 11.3 Å². The van der Waals surface area contributed by atoms with E-state index in [0.717, 1.165) is 5.56 Å². The second kappa shape index (κ2) is 5.93. The maximum absolute atomic E-state index is 13.3. The van der Waals surface area contributed by atoms with Gasteiger partial charge in [0.15, 0.2) is 0 Å². The van der Waals surface area contributed by atoms with Crippen LogP contribution in [0.5, 0.6) is 11.6 Å². The first kappa shape index (κ1) is 15.7. The minimum atomic E-state index is -0.525. The lowest BCUT2D eigenvalue weighted by Gasteiger charge is -2.24. The average molecular weight is 348 g/mol. The predicted octanol–water partition coefficient (Wildman–Crippen LogP) is 3.14. The third-order valence-electron chi connectivity index (χ3n) is 4.30. The fourth-order valence-corrected chi connectivity index (χ4v) is 3.08. The Labute approximate surface area is 148 Å². The molecule has 0 bridgehead atoms. The van der Waals surface area contributed by atoms with Gasteiger partial charge in [-0.05, 0) is 42.0 Å². The van der Waals surface area contributed by atoms with Gasteiger partial charge in [-0.1, -0.05) is 12.1 Å². The standard InChI is InChI=1S/C19H13FN4O2/c20-12-5-1-11(2-6-12)17-16-15(10-3-7-13(25)8-4-10)14(9-21)18(22)26-19(16)24-23-17/h1-8,15,25H,22H2,(H,23,24)/t15-/m1/s1. The molecule has 0 spiro atoms. The Hall–Kier alpha value is -3.79. The number of ether oxygens (including phenoxy) is 1. The van der Waals surface area contributed by atoms with Crippen molar-refractivity contribution < 1.29 is 14.2 Å². The van der Waals surface area contributed by atoms with Crippen molar-refractivity contribution in [3.63, 3.8) is 0 Å². The zero-order valence-corrected chi connectivity index (χ0v) is 13.4. The summed E-state index contributed by atoms with van der Waals surface area (Å²) in [6.45, 7) is 0. The Kier molecular flexibility index (Phi) is 3.59. The third-order valence-corrected chi connectivity index (χ3v) is 4.30. The molecule has 26 heavy (non-hydrogen) atoms. The molecule has 0 unspecified atom stereocenters. The van der Waals surface area contributed by atoms with Crippen LogP contribution in [0.15, 0.2) is 60.0 Å². The van der Waals surface area contributed by atoms with Gasteiger partial charge in [-0.2, -0.15) is 5.26 Å². The molecule has 0 saturated carbocycles. The summed E-state index contributed by atoms with van der Waals surface area (Å²) >= 11 is 0. The molecule has 4 N–H and O–H groups in total. The molecule has 0 radical (unpaired) electrons. The minimum absolute atomic E-state index is 0.0183. The number of hydrogen-bond donors (Lipinski definition) is 3. The number of nitrogens with one attached hydrogen (secondary N) is 1. The summed E-state index contributed by atoms with van der Waals surface area (Å²) in [7, 11) is 0. The lowest BCUT2D eigenvalue weighted by molar-refractivity contribution is 0.379. The SMILES string of the molecule is N#CC1=C(N)Oc2n[nH]c(-c3ccc(F)cc3)c2[C@@H]1c1ccc(O)cc1. The van der Waals surface area contributed by atoms with Crippen LogP contribution >= 0.6 is 0 Å². The van der Waals surface area contributed by atoms with Crippen LogP contribution < -0.4 is 10.5 Å². The van der Waals surface area contributed by atoms with Crippen molar-refractivity contribution in [2.45, 2.75) is 5.92 Å². The van der Waals surface area contributed by atoms with Crippen molar-refractivity contribution >= 4 is 0 Å².